The van der Waals surface area contributed by atoms with Gasteiger partial charge in [-0.1, -0.05) is 42.2 Å². The SMILES string of the molecule is C[Si](C)(C)C(=CI)C(F)(F)C(F)(F)C(F)(F)F. The Kier molecular flexibility index (Phi) is 4.76. The highest BCUT2D eigenvalue weighted by Gasteiger charge is 2.74. The van der Waals surface area contributed by atoms with Crippen molar-refractivity contribution in [1.29, 1.82) is 0 Å². The lowest BCUT2D eigenvalue weighted by atomic mass is 10.1. The summed E-state index contributed by atoms with van der Waals surface area (Å²) in [4.78, 5) is 0. The molecule has 0 N–H and O–H groups in total. The molecule has 0 spiro atoms. The van der Waals surface area contributed by atoms with Crippen LogP contribution in [0.25, 0.3) is 0 Å². The highest BCUT2D eigenvalue weighted by atomic mass is 127. The Morgan fingerprint density at radius 1 is 0.941 bits per heavy atom. The zero-order chi connectivity index (χ0) is 14.3. The number of halogens is 8. The molecule has 0 nitrogen and oxygen atoms in total. The Balaban J connectivity index is 5.72. The summed E-state index contributed by atoms with van der Waals surface area (Å²) in [7, 11) is -2.99. The maximum absolute atomic E-state index is 13.3. The molecule has 0 fully saturated rings. The molecule has 17 heavy (non-hydrogen) atoms. The first-order valence-corrected chi connectivity index (χ1v) is 9.08. The quantitative estimate of drug-likeness (QED) is 0.359. The Morgan fingerprint density at radius 3 is 1.47 bits per heavy atom. The summed E-state index contributed by atoms with van der Waals surface area (Å²) in [5, 5.41) is -1.12. The van der Waals surface area contributed by atoms with Gasteiger partial charge in [0.05, 0.1) is 8.07 Å². The lowest BCUT2D eigenvalue weighted by molar-refractivity contribution is -0.343. The van der Waals surface area contributed by atoms with Crippen LogP contribution in [0.15, 0.2) is 9.28 Å². The molecule has 0 aromatic rings. The van der Waals surface area contributed by atoms with Gasteiger partial charge in [-0.15, -0.1) is 0 Å². The second-order valence-electron chi connectivity index (χ2n) is 4.42. The van der Waals surface area contributed by atoms with E-state index in [0.29, 0.717) is 4.08 Å². The normalized spacial score (nSPS) is 16.3. The fourth-order valence-electron chi connectivity index (χ4n) is 1.05. The van der Waals surface area contributed by atoms with Gasteiger partial charge in [0.25, 0.3) is 0 Å². The van der Waals surface area contributed by atoms with Crippen LogP contribution in [0.4, 0.5) is 30.7 Å². The summed E-state index contributed by atoms with van der Waals surface area (Å²) < 4.78 is 88.8. The van der Waals surface area contributed by atoms with Gasteiger partial charge in [-0.3, -0.25) is 0 Å². The molecule has 0 rings (SSSR count). The van der Waals surface area contributed by atoms with Crippen molar-refractivity contribution in [3.63, 3.8) is 0 Å². The first-order valence-electron chi connectivity index (χ1n) is 4.33. The standard InChI is InChI=1S/C8H10F7ISi/c1-17(2,3)5(4-16)6(9,10)7(11,12)8(13,14)15/h4H,1-3H3. The van der Waals surface area contributed by atoms with E-state index in [2.05, 4.69) is 0 Å². The topological polar surface area (TPSA) is 0 Å². The van der Waals surface area contributed by atoms with Crippen LogP contribution in [-0.4, -0.2) is 26.1 Å². The van der Waals surface area contributed by atoms with Gasteiger partial charge >= 0.3 is 18.0 Å². The highest BCUT2D eigenvalue weighted by molar-refractivity contribution is 14.1. The molecule has 0 aromatic carbocycles. The van der Waals surface area contributed by atoms with E-state index in [0.717, 1.165) is 0 Å². The number of rotatable bonds is 3. The van der Waals surface area contributed by atoms with Crippen molar-refractivity contribution in [3.05, 3.63) is 9.28 Å². The summed E-state index contributed by atoms with van der Waals surface area (Å²) >= 11 is 1.26. The first kappa shape index (κ1) is 17.2. The largest absolute Gasteiger partial charge is 0.460 e. The molecule has 0 amide bonds. The molecule has 0 unspecified atom stereocenters. The van der Waals surface area contributed by atoms with E-state index in [4.69, 9.17) is 0 Å². The second-order valence-corrected chi connectivity index (χ2v) is 10.1. The van der Waals surface area contributed by atoms with Crippen LogP contribution in [0.3, 0.4) is 0 Å². The predicted molar refractivity (Wildman–Crippen MR) is 61.4 cm³/mol. The minimum atomic E-state index is -6.28. The molecular weight excluding hydrogens is 384 g/mol. The molecule has 0 radical (unpaired) electrons. The number of hydrogen-bond acceptors (Lipinski definition) is 0. The molecule has 9 heteroatoms. The van der Waals surface area contributed by atoms with E-state index >= 15 is 0 Å². The number of allylic oxidation sites excluding steroid dienone is 1. The monoisotopic (exact) mass is 394 g/mol. The Labute approximate surface area is 108 Å². The van der Waals surface area contributed by atoms with Crippen molar-refractivity contribution in [2.75, 3.05) is 0 Å². The van der Waals surface area contributed by atoms with Crippen LogP contribution in [0, 0.1) is 0 Å². The van der Waals surface area contributed by atoms with E-state index in [9.17, 15) is 30.7 Å². The van der Waals surface area contributed by atoms with Crippen LogP contribution in [0.1, 0.15) is 0 Å². The van der Waals surface area contributed by atoms with Gasteiger partial charge in [-0.2, -0.15) is 30.7 Å². The minimum Gasteiger partial charge on any atom is -0.195 e. The van der Waals surface area contributed by atoms with Gasteiger partial charge in [0, 0.05) is 0 Å². The maximum atomic E-state index is 13.3. The van der Waals surface area contributed by atoms with Gasteiger partial charge in [0.2, 0.25) is 0 Å². The van der Waals surface area contributed by atoms with Crippen LogP contribution in [-0.2, 0) is 0 Å². The molecule has 0 atom stereocenters. The maximum Gasteiger partial charge on any atom is 0.460 e. The van der Waals surface area contributed by atoms with Crippen molar-refractivity contribution in [3.8, 4) is 0 Å². The van der Waals surface area contributed by atoms with Crippen molar-refractivity contribution in [1.82, 2.24) is 0 Å². The summed E-state index contributed by atoms with van der Waals surface area (Å²) in [6, 6.07) is 0. The molecule has 0 aliphatic rings. The van der Waals surface area contributed by atoms with E-state index in [1.165, 1.54) is 42.2 Å². The number of hydrogen-bond donors (Lipinski definition) is 0. The van der Waals surface area contributed by atoms with Crippen LogP contribution in [0.5, 0.6) is 0 Å². The molecule has 0 heterocycles. The second kappa shape index (κ2) is 4.70. The summed E-state index contributed by atoms with van der Waals surface area (Å²) in [5.41, 5.74) is 0. The van der Waals surface area contributed by atoms with Gasteiger partial charge in [0.15, 0.2) is 0 Å². The molecule has 0 aliphatic heterocycles. The third kappa shape index (κ3) is 3.15. The van der Waals surface area contributed by atoms with Gasteiger partial charge in [-0.25, -0.2) is 0 Å². The number of alkyl halides is 7. The zero-order valence-corrected chi connectivity index (χ0v) is 12.3. The smallest absolute Gasteiger partial charge is 0.195 e. The van der Waals surface area contributed by atoms with Crippen molar-refractivity contribution in [2.45, 2.75) is 37.7 Å². The van der Waals surface area contributed by atoms with Crippen LogP contribution in [0.2, 0.25) is 19.6 Å². The molecule has 102 valence electrons. The molecule has 0 aliphatic carbocycles. The van der Waals surface area contributed by atoms with Crippen LogP contribution >= 0.6 is 22.6 Å². The predicted octanol–water partition coefficient (Wildman–Crippen LogP) is 5.02. The van der Waals surface area contributed by atoms with Gasteiger partial charge < -0.3 is 0 Å². The summed E-state index contributed by atoms with van der Waals surface area (Å²) in [6.45, 7) is 3.83. The van der Waals surface area contributed by atoms with E-state index in [1.54, 1.807) is 0 Å². The molecule has 0 bridgehead atoms. The Hall–Kier alpha value is 0.197. The average molecular weight is 394 g/mol. The van der Waals surface area contributed by atoms with Crippen molar-refractivity contribution in [2.24, 2.45) is 0 Å². The lowest BCUT2D eigenvalue weighted by Gasteiger charge is -2.34. The van der Waals surface area contributed by atoms with Gasteiger partial charge in [-0.05, 0) is 9.28 Å². The Bertz CT molecular complexity index is 313. The first-order chi connectivity index (χ1) is 7.19. The fourth-order valence-corrected chi connectivity index (χ4v) is 5.67. The van der Waals surface area contributed by atoms with E-state index in [1.807, 2.05) is 0 Å². The lowest BCUT2D eigenvalue weighted by Crippen LogP contribution is -2.56. The van der Waals surface area contributed by atoms with Crippen molar-refractivity contribution < 1.29 is 30.7 Å². The molecule has 0 aromatic heterocycles. The van der Waals surface area contributed by atoms with Crippen molar-refractivity contribution >= 4 is 30.7 Å². The Morgan fingerprint density at radius 2 is 1.29 bits per heavy atom. The third-order valence-corrected chi connectivity index (χ3v) is 5.29. The third-order valence-electron chi connectivity index (χ3n) is 2.01. The summed E-state index contributed by atoms with van der Waals surface area (Å²) in [5.74, 6) is -11.3. The zero-order valence-electron chi connectivity index (χ0n) is 9.10. The van der Waals surface area contributed by atoms with E-state index in [-0.39, 0.29) is 0 Å². The van der Waals surface area contributed by atoms with Crippen LogP contribution < -0.4 is 0 Å². The molecule has 0 saturated heterocycles. The fraction of sp³-hybridized carbons (Fsp3) is 0.750. The highest BCUT2D eigenvalue weighted by Crippen LogP contribution is 2.51. The molecule has 0 saturated carbocycles. The average Bonchev–Trinajstić information content (AvgIpc) is 1.98. The summed E-state index contributed by atoms with van der Waals surface area (Å²) in [6.07, 6.45) is -6.28. The van der Waals surface area contributed by atoms with E-state index < -0.39 is 31.3 Å². The minimum absolute atomic E-state index is 0.629. The van der Waals surface area contributed by atoms with Gasteiger partial charge in [0.1, 0.15) is 0 Å². The molecular formula is C8H10F7ISi.